The lowest BCUT2D eigenvalue weighted by Crippen LogP contribution is -2.25. The van der Waals surface area contributed by atoms with Crippen molar-refractivity contribution in [2.24, 2.45) is 0 Å². The fourth-order valence-corrected chi connectivity index (χ4v) is 2.77. The fourth-order valence-electron chi connectivity index (χ4n) is 2.77. The summed E-state index contributed by atoms with van der Waals surface area (Å²) >= 11 is 0. The summed E-state index contributed by atoms with van der Waals surface area (Å²) in [6.07, 6.45) is 0.614. The highest BCUT2D eigenvalue weighted by Crippen LogP contribution is 2.12. The number of benzene rings is 3. The van der Waals surface area contributed by atoms with Crippen LogP contribution < -0.4 is 10.6 Å². The van der Waals surface area contributed by atoms with Crippen molar-refractivity contribution in [2.75, 3.05) is 11.9 Å². The van der Waals surface area contributed by atoms with Crippen molar-refractivity contribution in [2.45, 2.75) is 13.3 Å². The molecule has 0 bridgehead atoms. The van der Waals surface area contributed by atoms with E-state index in [9.17, 15) is 14.0 Å². The van der Waals surface area contributed by atoms with Gasteiger partial charge in [0.15, 0.2) is 0 Å². The lowest BCUT2D eigenvalue weighted by atomic mass is 10.1. The third-order valence-electron chi connectivity index (χ3n) is 4.30. The standard InChI is InChI=1S/C23H21FN2O2/c1-16-3-2-4-21(15-16)26-23(28)19-9-7-18(8-10-19)22(27)25-14-13-17-5-11-20(24)12-6-17/h2-12,15H,13-14H2,1H3,(H,25,27)(H,26,28). The fraction of sp³-hybridized carbons (Fsp3) is 0.130. The molecule has 3 aromatic rings. The molecule has 0 aliphatic rings. The molecule has 0 radical (unpaired) electrons. The van der Waals surface area contributed by atoms with Gasteiger partial charge in [-0.1, -0.05) is 24.3 Å². The molecule has 142 valence electrons. The second-order valence-corrected chi connectivity index (χ2v) is 6.53. The van der Waals surface area contributed by atoms with Crippen molar-refractivity contribution in [1.82, 2.24) is 5.32 Å². The Morgan fingerprint density at radius 2 is 1.50 bits per heavy atom. The lowest BCUT2D eigenvalue weighted by Gasteiger charge is -2.08. The Balaban J connectivity index is 1.53. The highest BCUT2D eigenvalue weighted by atomic mass is 19.1. The zero-order valence-corrected chi connectivity index (χ0v) is 15.5. The van der Waals surface area contributed by atoms with Crippen LogP contribution in [-0.2, 0) is 6.42 Å². The average Bonchev–Trinajstić information content (AvgIpc) is 2.69. The molecule has 5 heteroatoms. The van der Waals surface area contributed by atoms with Crippen molar-refractivity contribution in [3.05, 3.63) is 101 Å². The van der Waals surface area contributed by atoms with E-state index < -0.39 is 0 Å². The number of halogens is 1. The van der Waals surface area contributed by atoms with E-state index in [0.29, 0.717) is 24.1 Å². The van der Waals surface area contributed by atoms with Gasteiger partial charge in [-0.05, 0) is 73.0 Å². The van der Waals surface area contributed by atoms with E-state index in [1.54, 1.807) is 36.4 Å². The molecule has 0 atom stereocenters. The maximum Gasteiger partial charge on any atom is 0.255 e. The lowest BCUT2D eigenvalue weighted by molar-refractivity contribution is 0.0952. The quantitative estimate of drug-likeness (QED) is 0.672. The Hall–Kier alpha value is -3.47. The molecule has 2 amide bonds. The average molecular weight is 376 g/mol. The van der Waals surface area contributed by atoms with E-state index in [1.807, 2.05) is 31.2 Å². The summed E-state index contributed by atoms with van der Waals surface area (Å²) in [4.78, 5) is 24.5. The predicted molar refractivity (Wildman–Crippen MR) is 108 cm³/mol. The molecule has 0 spiro atoms. The van der Waals surface area contributed by atoms with Gasteiger partial charge >= 0.3 is 0 Å². The molecule has 3 rings (SSSR count). The van der Waals surface area contributed by atoms with Gasteiger partial charge in [0.25, 0.3) is 11.8 Å². The molecule has 0 unspecified atom stereocenters. The first-order valence-corrected chi connectivity index (χ1v) is 9.02. The molecule has 3 aromatic carbocycles. The summed E-state index contributed by atoms with van der Waals surface area (Å²) in [7, 11) is 0. The van der Waals surface area contributed by atoms with Crippen molar-refractivity contribution in [3.8, 4) is 0 Å². The summed E-state index contributed by atoms with van der Waals surface area (Å²) in [5, 5.41) is 5.66. The van der Waals surface area contributed by atoms with Crippen LogP contribution in [0.5, 0.6) is 0 Å². The summed E-state index contributed by atoms with van der Waals surface area (Å²) < 4.78 is 12.9. The molecular formula is C23H21FN2O2. The minimum Gasteiger partial charge on any atom is -0.352 e. The third-order valence-corrected chi connectivity index (χ3v) is 4.30. The van der Waals surface area contributed by atoms with Crippen LogP contribution in [0.15, 0.2) is 72.8 Å². The van der Waals surface area contributed by atoms with Gasteiger partial charge < -0.3 is 10.6 Å². The van der Waals surface area contributed by atoms with Gasteiger partial charge in [0, 0.05) is 23.4 Å². The van der Waals surface area contributed by atoms with Crippen molar-refractivity contribution < 1.29 is 14.0 Å². The molecule has 0 saturated carbocycles. The minimum atomic E-state index is -0.278. The van der Waals surface area contributed by atoms with E-state index in [4.69, 9.17) is 0 Å². The zero-order chi connectivity index (χ0) is 19.9. The Kier molecular flexibility index (Phi) is 6.17. The Bertz CT molecular complexity index is 967. The smallest absolute Gasteiger partial charge is 0.255 e. The largest absolute Gasteiger partial charge is 0.352 e. The van der Waals surface area contributed by atoms with E-state index in [2.05, 4.69) is 10.6 Å². The van der Waals surface area contributed by atoms with E-state index in [-0.39, 0.29) is 17.6 Å². The molecule has 0 aliphatic heterocycles. The van der Waals surface area contributed by atoms with Crippen LogP contribution in [0.3, 0.4) is 0 Å². The number of nitrogens with one attached hydrogen (secondary N) is 2. The predicted octanol–water partition coefficient (Wildman–Crippen LogP) is 4.36. The Morgan fingerprint density at radius 1 is 0.857 bits per heavy atom. The number of anilines is 1. The molecule has 4 nitrogen and oxygen atoms in total. The van der Waals surface area contributed by atoms with E-state index >= 15 is 0 Å². The monoisotopic (exact) mass is 376 g/mol. The van der Waals surface area contributed by atoms with Crippen LogP contribution in [0.2, 0.25) is 0 Å². The number of amides is 2. The summed E-state index contributed by atoms with van der Waals surface area (Å²) in [6.45, 7) is 2.40. The van der Waals surface area contributed by atoms with Crippen molar-refractivity contribution >= 4 is 17.5 Å². The Morgan fingerprint density at radius 3 is 2.14 bits per heavy atom. The number of hydrogen-bond acceptors (Lipinski definition) is 2. The minimum absolute atomic E-state index is 0.215. The SMILES string of the molecule is Cc1cccc(NC(=O)c2ccc(C(=O)NCCc3ccc(F)cc3)cc2)c1. The van der Waals surface area contributed by atoms with Gasteiger partial charge in [0.05, 0.1) is 0 Å². The topological polar surface area (TPSA) is 58.2 Å². The normalized spacial score (nSPS) is 10.4. The van der Waals surface area contributed by atoms with Crippen LogP contribution in [0.4, 0.5) is 10.1 Å². The van der Waals surface area contributed by atoms with Crippen molar-refractivity contribution in [1.29, 1.82) is 0 Å². The van der Waals surface area contributed by atoms with Gasteiger partial charge in [-0.2, -0.15) is 0 Å². The second kappa shape index (κ2) is 8.95. The summed E-state index contributed by atoms with van der Waals surface area (Å²) in [5.74, 6) is -0.721. The van der Waals surface area contributed by atoms with Gasteiger partial charge in [-0.25, -0.2) is 4.39 Å². The first-order chi connectivity index (χ1) is 13.5. The molecule has 0 aliphatic carbocycles. The summed E-state index contributed by atoms with van der Waals surface area (Å²) in [6, 6.07) is 20.2. The number of carbonyl (C=O) groups is 2. The van der Waals surface area contributed by atoms with Gasteiger partial charge in [0.2, 0.25) is 0 Å². The molecule has 2 N–H and O–H groups in total. The highest BCUT2D eigenvalue weighted by Gasteiger charge is 2.09. The maximum absolute atomic E-state index is 12.9. The number of hydrogen-bond donors (Lipinski definition) is 2. The Labute approximate surface area is 163 Å². The number of carbonyl (C=O) groups excluding carboxylic acids is 2. The van der Waals surface area contributed by atoms with Crippen LogP contribution in [0.25, 0.3) is 0 Å². The van der Waals surface area contributed by atoms with Gasteiger partial charge in [-0.15, -0.1) is 0 Å². The first kappa shape index (κ1) is 19.3. The number of aryl methyl sites for hydroxylation is 1. The van der Waals surface area contributed by atoms with Crippen LogP contribution in [0.1, 0.15) is 31.8 Å². The van der Waals surface area contributed by atoms with E-state index in [1.165, 1.54) is 12.1 Å². The van der Waals surface area contributed by atoms with Gasteiger partial charge in [0.1, 0.15) is 5.82 Å². The molecule has 0 fully saturated rings. The second-order valence-electron chi connectivity index (χ2n) is 6.53. The molecular weight excluding hydrogens is 355 g/mol. The zero-order valence-electron chi connectivity index (χ0n) is 15.5. The van der Waals surface area contributed by atoms with E-state index in [0.717, 1.165) is 16.8 Å². The van der Waals surface area contributed by atoms with Crippen LogP contribution in [-0.4, -0.2) is 18.4 Å². The summed E-state index contributed by atoms with van der Waals surface area (Å²) in [5.41, 5.74) is 3.69. The van der Waals surface area contributed by atoms with Crippen LogP contribution >= 0.6 is 0 Å². The third kappa shape index (κ3) is 5.27. The maximum atomic E-state index is 12.9. The van der Waals surface area contributed by atoms with Crippen molar-refractivity contribution in [3.63, 3.8) is 0 Å². The highest BCUT2D eigenvalue weighted by molar-refractivity contribution is 6.05. The number of rotatable bonds is 6. The molecule has 28 heavy (non-hydrogen) atoms. The molecule has 0 heterocycles. The van der Waals surface area contributed by atoms with Crippen LogP contribution in [0, 0.1) is 12.7 Å². The first-order valence-electron chi connectivity index (χ1n) is 9.02. The molecule has 0 aromatic heterocycles. The van der Waals surface area contributed by atoms with Gasteiger partial charge in [-0.3, -0.25) is 9.59 Å². The molecule has 0 saturated heterocycles.